The Balaban J connectivity index is 1.90. The minimum absolute atomic E-state index is 0.00724. The Morgan fingerprint density at radius 2 is 2.00 bits per heavy atom. The normalized spacial score (nSPS) is 13.2. The van der Waals surface area contributed by atoms with Crippen LogP contribution in [-0.2, 0) is 22.5 Å². The standard InChI is InChI=1S/C21H20N2O5/c1-2-28-20(24)9-8-15-12-17-14-22(21(25)16-6-4-3-5-7-16)11-10-18(17)19(13-15)23(26)27/h3-9,12-13H,2,10-11,14H2,1H3/b9-8+. The monoisotopic (exact) mass is 380 g/mol. The lowest BCUT2D eigenvalue weighted by molar-refractivity contribution is -0.385. The summed E-state index contributed by atoms with van der Waals surface area (Å²) in [5, 5.41) is 11.5. The highest BCUT2D eigenvalue weighted by Gasteiger charge is 2.27. The van der Waals surface area contributed by atoms with Gasteiger partial charge in [0.25, 0.3) is 11.6 Å². The number of nitrogens with zero attached hydrogens (tertiary/aromatic N) is 2. The van der Waals surface area contributed by atoms with Gasteiger partial charge >= 0.3 is 5.97 Å². The molecule has 1 aliphatic heterocycles. The third-order valence-electron chi connectivity index (χ3n) is 4.54. The molecule has 0 fully saturated rings. The quantitative estimate of drug-likeness (QED) is 0.343. The number of hydrogen-bond donors (Lipinski definition) is 0. The van der Waals surface area contributed by atoms with E-state index in [0.717, 1.165) is 0 Å². The number of ether oxygens (including phenoxy) is 1. The largest absolute Gasteiger partial charge is 0.463 e. The number of fused-ring (bicyclic) bond motifs is 1. The molecule has 144 valence electrons. The van der Waals surface area contributed by atoms with Crippen molar-refractivity contribution < 1.29 is 19.2 Å². The Kier molecular flexibility index (Phi) is 5.84. The minimum atomic E-state index is -0.510. The lowest BCUT2D eigenvalue weighted by Crippen LogP contribution is -2.36. The van der Waals surface area contributed by atoms with Crippen molar-refractivity contribution in [3.05, 3.63) is 80.9 Å². The van der Waals surface area contributed by atoms with Crippen LogP contribution in [0.4, 0.5) is 5.69 Å². The van der Waals surface area contributed by atoms with Gasteiger partial charge in [0.15, 0.2) is 0 Å². The van der Waals surface area contributed by atoms with E-state index in [2.05, 4.69) is 0 Å². The van der Waals surface area contributed by atoms with E-state index in [4.69, 9.17) is 4.74 Å². The maximum Gasteiger partial charge on any atom is 0.330 e. The molecule has 1 heterocycles. The molecule has 7 nitrogen and oxygen atoms in total. The summed E-state index contributed by atoms with van der Waals surface area (Å²) < 4.78 is 4.84. The highest BCUT2D eigenvalue weighted by atomic mass is 16.6. The zero-order valence-electron chi connectivity index (χ0n) is 15.5. The van der Waals surface area contributed by atoms with Gasteiger partial charge in [-0.05, 0) is 48.7 Å². The van der Waals surface area contributed by atoms with Gasteiger partial charge in [0.2, 0.25) is 0 Å². The van der Waals surface area contributed by atoms with Crippen molar-refractivity contribution in [2.75, 3.05) is 13.2 Å². The number of nitro benzene ring substituents is 1. The molecule has 1 aliphatic rings. The molecule has 0 aliphatic carbocycles. The van der Waals surface area contributed by atoms with Crippen molar-refractivity contribution in [1.29, 1.82) is 0 Å². The fourth-order valence-corrected chi connectivity index (χ4v) is 3.25. The minimum Gasteiger partial charge on any atom is -0.463 e. The molecule has 7 heteroatoms. The first-order valence-electron chi connectivity index (χ1n) is 8.99. The van der Waals surface area contributed by atoms with Crippen molar-refractivity contribution >= 4 is 23.6 Å². The number of benzene rings is 2. The Bertz CT molecular complexity index is 937. The molecule has 2 aromatic rings. The summed E-state index contributed by atoms with van der Waals surface area (Å²) in [7, 11) is 0. The lowest BCUT2D eigenvalue weighted by Gasteiger charge is -2.29. The first kappa shape index (κ1) is 19.3. The maximum atomic E-state index is 12.7. The van der Waals surface area contributed by atoms with Gasteiger partial charge in [-0.1, -0.05) is 18.2 Å². The molecule has 28 heavy (non-hydrogen) atoms. The number of carbonyl (C=O) groups excluding carboxylic acids is 2. The van der Waals surface area contributed by atoms with Crippen LogP contribution in [0.25, 0.3) is 6.08 Å². The number of nitro groups is 1. The second kappa shape index (κ2) is 8.47. The van der Waals surface area contributed by atoms with Crippen LogP contribution >= 0.6 is 0 Å². The van der Waals surface area contributed by atoms with Crippen molar-refractivity contribution in [1.82, 2.24) is 4.90 Å². The maximum absolute atomic E-state index is 12.7. The Hall–Kier alpha value is -3.48. The van der Waals surface area contributed by atoms with Crippen molar-refractivity contribution in [2.24, 2.45) is 0 Å². The van der Waals surface area contributed by atoms with Crippen LogP contribution in [-0.4, -0.2) is 34.9 Å². The second-order valence-electron chi connectivity index (χ2n) is 6.36. The Labute approximate surface area is 162 Å². The lowest BCUT2D eigenvalue weighted by atomic mass is 9.94. The third kappa shape index (κ3) is 4.25. The summed E-state index contributed by atoms with van der Waals surface area (Å²) in [5.74, 6) is -0.620. The van der Waals surface area contributed by atoms with Crippen LogP contribution in [0.1, 0.15) is 34.0 Å². The smallest absolute Gasteiger partial charge is 0.330 e. The van der Waals surface area contributed by atoms with E-state index in [0.29, 0.717) is 35.2 Å². The summed E-state index contributed by atoms with van der Waals surface area (Å²) in [4.78, 5) is 37.0. The average molecular weight is 380 g/mol. The molecular formula is C21H20N2O5. The predicted octanol–water partition coefficient (Wildman–Crippen LogP) is 3.37. The predicted molar refractivity (Wildman–Crippen MR) is 104 cm³/mol. The SMILES string of the molecule is CCOC(=O)/C=C/c1cc2c(c([N+](=O)[O-])c1)CCN(C(=O)c1ccccc1)C2. The van der Waals surface area contributed by atoms with Crippen molar-refractivity contribution in [2.45, 2.75) is 19.9 Å². The van der Waals surface area contributed by atoms with E-state index >= 15 is 0 Å². The fraction of sp³-hybridized carbons (Fsp3) is 0.238. The Morgan fingerprint density at radius 1 is 1.25 bits per heavy atom. The molecule has 0 atom stereocenters. The summed E-state index contributed by atoms with van der Waals surface area (Å²) in [6.45, 7) is 2.66. The van der Waals surface area contributed by atoms with Crippen LogP contribution in [0, 0.1) is 10.1 Å². The molecule has 0 saturated carbocycles. The van der Waals surface area contributed by atoms with Gasteiger partial charge in [0, 0.05) is 36.4 Å². The molecule has 0 radical (unpaired) electrons. The summed E-state index contributed by atoms with van der Waals surface area (Å²) >= 11 is 0. The molecule has 0 spiro atoms. The van der Waals surface area contributed by atoms with E-state index in [1.165, 1.54) is 18.2 Å². The van der Waals surface area contributed by atoms with E-state index in [-0.39, 0.29) is 24.7 Å². The van der Waals surface area contributed by atoms with Gasteiger partial charge in [-0.15, -0.1) is 0 Å². The molecule has 0 saturated heterocycles. The average Bonchev–Trinajstić information content (AvgIpc) is 2.71. The first-order chi connectivity index (χ1) is 13.5. The number of carbonyl (C=O) groups is 2. The topological polar surface area (TPSA) is 89.8 Å². The molecular weight excluding hydrogens is 360 g/mol. The van der Waals surface area contributed by atoms with Gasteiger partial charge in [-0.25, -0.2) is 4.79 Å². The molecule has 0 unspecified atom stereocenters. The third-order valence-corrected chi connectivity index (χ3v) is 4.54. The summed E-state index contributed by atoms with van der Waals surface area (Å²) in [6, 6.07) is 12.2. The molecule has 1 amide bonds. The molecule has 0 bridgehead atoms. The highest BCUT2D eigenvalue weighted by Crippen LogP contribution is 2.30. The molecule has 2 aromatic carbocycles. The van der Waals surface area contributed by atoms with Gasteiger partial charge in [0.1, 0.15) is 0 Å². The van der Waals surface area contributed by atoms with Crippen LogP contribution < -0.4 is 0 Å². The fourth-order valence-electron chi connectivity index (χ4n) is 3.25. The van der Waals surface area contributed by atoms with Crippen LogP contribution in [0.3, 0.4) is 0 Å². The highest BCUT2D eigenvalue weighted by molar-refractivity contribution is 5.94. The van der Waals surface area contributed by atoms with E-state index in [1.54, 1.807) is 42.2 Å². The summed E-state index contributed by atoms with van der Waals surface area (Å²) in [5.41, 5.74) is 2.46. The molecule has 0 N–H and O–H groups in total. The van der Waals surface area contributed by atoms with Gasteiger partial charge in [0.05, 0.1) is 11.5 Å². The number of amides is 1. The van der Waals surface area contributed by atoms with Crippen LogP contribution in [0.5, 0.6) is 0 Å². The van der Waals surface area contributed by atoms with Gasteiger partial charge < -0.3 is 9.64 Å². The summed E-state index contributed by atoms with van der Waals surface area (Å²) in [6.07, 6.45) is 3.14. The van der Waals surface area contributed by atoms with Crippen LogP contribution in [0.15, 0.2) is 48.5 Å². The van der Waals surface area contributed by atoms with Crippen LogP contribution in [0.2, 0.25) is 0 Å². The molecule has 3 rings (SSSR count). The van der Waals surface area contributed by atoms with Gasteiger partial charge in [-0.3, -0.25) is 14.9 Å². The zero-order chi connectivity index (χ0) is 20.1. The van der Waals surface area contributed by atoms with Crippen molar-refractivity contribution in [3.8, 4) is 0 Å². The second-order valence-corrected chi connectivity index (χ2v) is 6.36. The zero-order valence-corrected chi connectivity index (χ0v) is 15.5. The number of esters is 1. The van der Waals surface area contributed by atoms with Gasteiger partial charge in [-0.2, -0.15) is 0 Å². The van der Waals surface area contributed by atoms with E-state index in [9.17, 15) is 19.7 Å². The number of hydrogen-bond acceptors (Lipinski definition) is 5. The Morgan fingerprint density at radius 3 is 2.68 bits per heavy atom. The van der Waals surface area contributed by atoms with E-state index < -0.39 is 10.9 Å². The first-order valence-corrected chi connectivity index (χ1v) is 8.99. The van der Waals surface area contributed by atoms with E-state index in [1.807, 2.05) is 6.07 Å². The van der Waals surface area contributed by atoms with Crippen molar-refractivity contribution in [3.63, 3.8) is 0 Å². The number of rotatable bonds is 5. The molecule has 0 aromatic heterocycles.